The summed E-state index contributed by atoms with van der Waals surface area (Å²) in [6.07, 6.45) is 7.31. The van der Waals surface area contributed by atoms with Gasteiger partial charge in [0.25, 0.3) is 0 Å². The quantitative estimate of drug-likeness (QED) is 0.788. The number of hydrogen-bond donors (Lipinski definition) is 1. The van der Waals surface area contributed by atoms with E-state index in [0.717, 1.165) is 18.0 Å². The lowest BCUT2D eigenvalue weighted by atomic mass is 9.70. The molecule has 3 rings (SSSR count). The number of rotatable bonds is 3. The molecule has 1 heterocycles. The van der Waals surface area contributed by atoms with Crippen LogP contribution in [0.2, 0.25) is 0 Å². The van der Waals surface area contributed by atoms with Crippen LogP contribution in [0.15, 0.2) is 0 Å². The summed E-state index contributed by atoms with van der Waals surface area (Å²) in [4.78, 5) is 2.76. The Bertz CT molecular complexity index is 255. The normalized spacial score (nSPS) is 39.4. The maximum absolute atomic E-state index is 3.74. The average Bonchev–Trinajstić information content (AvgIpc) is 3.02. The van der Waals surface area contributed by atoms with E-state index >= 15 is 0 Å². The van der Waals surface area contributed by atoms with Gasteiger partial charge in [-0.1, -0.05) is 13.3 Å². The average molecular weight is 222 g/mol. The largest absolute Gasteiger partial charge is 0.311 e. The lowest BCUT2D eigenvalue weighted by Gasteiger charge is -2.47. The zero-order valence-electron chi connectivity index (χ0n) is 10.8. The molecule has 2 saturated carbocycles. The van der Waals surface area contributed by atoms with Crippen LogP contribution in [0, 0.1) is 11.3 Å². The van der Waals surface area contributed by atoms with E-state index in [4.69, 9.17) is 0 Å². The van der Waals surface area contributed by atoms with E-state index in [2.05, 4.69) is 24.1 Å². The maximum Gasteiger partial charge on any atom is 0.0224 e. The lowest BCUT2D eigenvalue weighted by Crippen LogP contribution is -2.58. The second-order valence-electron chi connectivity index (χ2n) is 6.79. The van der Waals surface area contributed by atoms with Crippen molar-refractivity contribution >= 4 is 0 Å². The van der Waals surface area contributed by atoms with Crippen LogP contribution in [0.25, 0.3) is 0 Å². The topological polar surface area (TPSA) is 15.3 Å². The molecule has 92 valence electrons. The van der Waals surface area contributed by atoms with Gasteiger partial charge in [0.15, 0.2) is 0 Å². The molecule has 0 aromatic heterocycles. The highest BCUT2D eigenvalue weighted by atomic mass is 15.2. The monoisotopic (exact) mass is 222 g/mol. The first-order chi connectivity index (χ1) is 7.66. The molecular formula is C14H26N2. The van der Waals surface area contributed by atoms with Crippen LogP contribution in [-0.2, 0) is 0 Å². The van der Waals surface area contributed by atoms with Gasteiger partial charge in [-0.15, -0.1) is 0 Å². The minimum absolute atomic E-state index is 0.652. The van der Waals surface area contributed by atoms with Crippen molar-refractivity contribution in [1.29, 1.82) is 0 Å². The Labute approximate surface area is 99.8 Å². The fraction of sp³-hybridized carbons (Fsp3) is 1.00. The summed E-state index contributed by atoms with van der Waals surface area (Å²) >= 11 is 0. The Balaban J connectivity index is 1.58. The van der Waals surface area contributed by atoms with E-state index in [-0.39, 0.29) is 0 Å². The molecule has 2 unspecified atom stereocenters. The molecule has 0 aromatic carbocycles. The van der Waals surface area contributed by atoms with Gasteiger partial charge in [-0.05, 0) is 43.9 Å². The molecule has 3 aliphatic rings. The van der Waals surface area contributed by atoms with Crippen molar-refractivity contribution in [2.24, 2.45) is 11.3 Å². The minimum Gasteiger partial charge on any atom is -0.311 e. The summed E-state index contributed by atoms with van der Waals surface area (Å²) in [5.74, 6) is 1.00. The summed E-state index contributed by atoms with van der Waals surface area (Å²) in [6, 6.07) is 1.55. The number of piperazine rings is 1. The second kappa shape index (κ2) is 3.99. The van der Waals surface area contributed by atoms with Gasteiger partial charge in [0, 0.05) is 31.7 Å². The van der Waals surface area contributed by atoms with Crippen LogP contribution in [-0.4, -0.2) is 36.6 Å². The first-order valence-electron chi connectivity index (χ1n) is 7.14. The fourth-order valence-electron chi connectivity index (χ4n) is 3.41. The van der Waals surface area contributed by atoms with Gasteiger partial charge in [0.1, 0.15) is 0 Å². The van der Waals surface area contributed by atoms with Crippen molar-refractivity contribution in [2.75, 3.05) is 19.6 Å². The van der Waals surface area contributed by atoms with Gasteiger partial charge in [-0.25, -0.2) is 0 Å². The zero-order valence-corrected chi connectivity index (χ0v) is 10.8. The third kappa shape index (κ3) is 2.14. The Kier molecular flexibility index (Phi) is 2.75. The number of hydrogen-bond acceptors (Lipinski definition) is 2. The van der Waals surface area contributed by atoms with Gasteiger partial charge in [0.2, 0.25) is 0 Å². The van der Waals surface area contributed by atoms with Crippen LogP contribution >= 0.6 is 0 Å². The van der Waals surface area contributed by atoms with Crippen molar-refractivity contribution in [2.45, 2.75) is 58.0 Å². The van der Waals surface area contributed by atoms with Gasteiger partial charge in [0.05, 0.1) is 0 Å². The molecule has 0 aromatic rings. The molecule has 2 aliphatic carbocycles. The molecule has 0 spiro atoms. The van der Waals surface area contributed by atoms with E-state index in [9.17, 15) is 0 Å². The molecule has 0 radical (unpaired) electrons. The van der Waals surface area contributed by atoms with Crippen molar-refractivity contribution in [3.63, 3.8) is 0 Å². The molecule has 3 fully saturated rings. The highest BCUT2D eigenvalue weighted by molar-refractivity contribution is 4.96. The van der Waals surface area contributed by atoms with E-state index < -0.39 is 0 Å². The fourth-order valence-corrected chi connectivity index (χ4v) is 3.41. The van der Waals surface area contributed by atoms with Crippen LogP contribution in [0.1, 0.15) is 46.0 Å². The standard InChI is InChI=1S/C14H26N2/c1-11-8-15-13(12-4-5-12)9-16(11)10-14(2)6-3-7-14/h11-13,15H,3-10H2,1-2H3. The zero-order chi connectivity index (χ0) is 11.2. The third-order valence-corrected chi connectivity index (χ3v) is 5.07. The predicted octanol–water partition coefficient (Wildman–Crippen LogP) is 2.25. The summed E-state index contributed by atoms with van der Waals surface area (Å²) in [5, 5.41) is 3.74. The summed E-state index contributed by atoms with van der Waals surface area (Å²) in [6.45, 7) is 8.73. The Morgan fingerprint density at radius 3 is 2.62 bits per heavy atom. The van der Waals surface area contributed by atoms with E-state index in [0.29, 0.717) is 5.41 Å². The first kappa shape index (κ1) is 11.0. The van der Waals surface area contributed by atoms with Crippen molar-refractivity contribution in [1.82, 2.24) is 10.2 Å². The van der Waals surface area contributed by atoms with Crippen molar-refractivity contribution < 1.29 is 0 Å². The van der Waals surface area contributed by atoms with Crippen LogP contribution in [0.4, 0.5) is 0 Å². The van der Waals surface area contributed by atoms with Gasteiger partial charge >= 0.3 is 0 Å². The molecule has 1 aliphatic heterocycles. The predicted molar refractivity (Wildman–Crippen MR) is 67.5 cm³/mol. The van der Waals surface area contributed by atoms with Crippen LogP contribution in [0.5, 0.6) is 0 Å². The smallest absolute Gasteiger partial charge is 0.0224 e. The maximum atomic E-state index is 3.74. The summed E-state index contributed by atoms with van der Waals surface area (Å²) in [5.41, 5.74) is 0.652. The third-order valence-electron chi connectivity index (χ3n) is 5.07. The summed E-state index contributed by atoms with van der Waals surface area (Å²) < 4.78 is 0. The van der Waals surface area contributed by atoms with Crippen LogP contribution in [0.3, 0.4) is 0 Å². The SMILES string of the molecule is CC1CNC(C2CC2)CN1CC1(C)CCC1. The van der Waals surface area contributed by atoms with Gasteiger partial charge < -0.3 is 5.32 Å². The number of nitrogens with zero attached hydrogens (tertiary/aromatic N) is 1. The highest BCUT2D eigenvalue weighted by Crippen LogP contribution is 2.42. The molecular weight excluding hydrogens is 196 g/mol. The van der Waals surface area contributed by atoms with E-state index in [1.807, 2.05) is 0 Å². The molecule has 1 N–H and O–H groups in total. The molecule has 2 heteroatoms. The second-order valence-corrected chi connectivity index (χ2v) is 6.79. The molecule has 2 nitrogen and oxygen atoms in total. The molecule has 2 atom stereocenters. The summed E-state index contributed by atoms with van der Waals surface area (Å²) in [7, 11) is 0. The van der Waals surface area contributed by atoms with Gasteiger partial charge in [-0.2, -0.15) is 0 Å². The minimum atomic E-state index is 0.652. The molecule has 0 bridgehead atoms. The van der Waals surface area contributed by atoms with Gasteiger partial charge in [-0.3, -0.25) is 4.90 Å². The lowest BCUT2D eigenvalue weighted by molar-refractivity contribution is 0.0385. The van der Waals surface area contributed by atoms with Crippen LogP contribution < -0.4 is 5.32 Å². The van der Waals surface area contributed by atoms with Crippen molar-refractivity contribution in [3.05, 3.63) is 0 Å². The molecule has 16 heavy (non-hydrogen) atoms. The number of nitrogens with one attached hydrogen (secondary N) is 1. The first-order valence-corrected chi connectivity index (χ1v) is 7.14. The Hall–Kier alpha value is -0.0800. The van der Waals surface area contributed by atoms with E-state index in [1.54, 1.807) is 0 Å². The van der Waals surface area contributed by atoms with Crippen molar-refractivity contribution in [3.8, 4) is 0 Å². The van der Waals surface area contributed by atoms with E-state index in [1.165, 1.54) is 51.7 Å². The Morgan fingerprint density at radius 2 is 2.06 bits per heavy atom. The Morgan fingerprint density at radius 1 is 1.31 bits per heavy atom. The molecule has 0 amide bonds. The highest BCUT2D eigenvalue weighted by Gasteiger charge is 2.40. The molecule has 1 saturated heterocycles.